The molecule has 0 aliphatic rings. The number of thiazole rings is 1. The fraction of sp³-hybridized carbons (Fsp3) is 0.591. The van der Waals surface area contributed by atoms with Gasteiger partial charge < -0.3 is 0 Å². The van der Waals surface area contributed by atoms with Crippen molar-refractivity contribution in [1.82, 2.24) is 4.98 Å². The molecular formula is C22H35NOSSn. The van der Waals surface area contributed by atoms with Crippen molar-refractivity contribution in [3.8, 4) is 15.6 Å². The van der Waals surface area contributed by atoms with Gasteiger partial charge in [-0.15, -0.1) is 0 Å². The molecule has 4 heteroatoms. The van der Waals surface area contributed by atoms with Crippen molar-refractivity contribution in [3.05, 3.63) is 30.3 Å². The summed E-state index contributed by atoms with van der Waals surface area (Å²) in [6.45, 7) is 6.97. The molecule has 0 saturated heterocycles. The molecule has 0 spiro atoms. The zero-order chi connectivity index (χ0) is 18.8. The van der Waals surface area contributed by atoms with Gasteiger partial charge in [0.15, 0.2) is 0 Å². The Bertz CT molecular complexity index is 619. The molecule has 1 heterocycles. The van der Waals surface area contributed by atoms with Crippen LogP contribution < -0.4 is 8.45 Å². The van der Waals surface area contributed by atoms with E-state index in [1.807, 2.05) is 7.11 Å². The molecule has 0 radical (unpaired) electrons. The van der Waals surface area contributed by atoms with E-state index in [1.165, 1.54) is 61.1 Å². The average molecular weight is 480 g/mol. The van der Waals surface area contributed by atoms with E-state index in [0.717, 1.165) is 10.1 Å². The van der Waals surface area contributed by atoms with Gasteiger partial charge >= 0.3 is 169 Å². The van der Waals surface area contributed by atoms with Crippen molar-refractivity contribution in [2.45, 2.75) is 72.6 Å². The molecule has 0 saturated carbocycles. The second kappa shape index (κ2) is 11.3. The summed E-state index contributed by atoms with van der Waals surface area (Å²) < 4.78 is 11.6. The van der Waals surface area contributed by atoms with Crippen LogP contribution in [0.2, 0.25) is 13.3 Å². The first-order valence-electron chi connectivity index (χ1n) is 10.3. The molecule has 0 unspecified atom stereocenters. The SMILES string of the molecule is CCC[CH2][Sn]([CH2]CCC)([CH2]CCC)[c]1nc(-c2ccccc2)sc1OC. The van der Waals surface area contributed by atoms with Crippen molar-refractivity contribution in [2.24, 2.45) is 0 Å². The molecule has 1 aromatic heterocycles. The average Bonchev–Trinajstić information content (AvgIpc) is 3.13. The van der Waals surface area contributed by atoms with Crippen LogP contribution in [0.15, 0.2) is 30.3 Å². The summed E-state index contributed by atoms with van der Waals surface area (Å²) in [4.78, 5) is 5.27. The topological polar surface area (TPSA) is 22.1 Å². The Kier molecular flexibility index (Phi) is 9.47. The van der Waals surface area contributed by atoms with Crippen LogP contribution in [0.5, 0.6) is 5.06 Å². The number of methoxy groups -OCH3 is 1. The molecule has 26 heavy (non-hydrogen) atoms. The van der Waals surface area contributed by atoms with E-state index in [1.54, 1.807) is 11.3 Å². The van der Waals surface area contributed by atoms with Crippen LogP contribution in [-0.4, -0.2) is 30.5 Å². The number of benzene rings is 1. The van der Waals surface area contributed by atoms with E-state index in [4.69, 9.17) is 9.72 Å². The van der Waals surface area contributed by atoms with E-state index in [-0.39, 0.29) is 0 Å². The van der Waals surface area contributed by atoms with Crippen LogP contribution >= 0.6 is 11.3 Å². The van der Waals surface area contributed by atoms with Gasteiger partial charge in [-0.3, -0.25) is 0 Å². The first kappa shape index (κ1) is 21.7. The molecule has 0 atom stereocenters. The Labute approximate surface area is 168 Å². The van der Waals surface area contributed by atoms with Gasteiger partial charge in [0, 0.05) is 0 Å². The number of nitrogens with zero attached hydrogens (tertiary/aromatic N) is 1. The second-order valence-corrected chi connectivity index (χ2v) is 21.2. The monoisotopic (exact) mass is 481 g/mol. The third kappa shape index (κ3) is 5.48. The zero-order valence-electron chi connectivity index (χ0n) is 17.0. The van der Waals surface area contributed by atoms with E-state index < -0.39 is 18.4 Å². The van der Waals surface area contributed by atoms with Crippen molar-refractivity contribution in [2.75, 3.05) is 7.11 Å². The fourth-order valence-corrected chi connectivity index (χ4v) is 22.2. The molecule has 0 amide bonds. The van der Waals surface area contributed by atoms with Crippen LogP contribution in [-0.2, 0) is 0 Å². The maximum absolute atomic E-state index is 5.90. The van der Waals surface area contributed by atoms with E-state index in [9.17, 15) is 0 Å². The normalized spacial score (nSPS) is 11.7. The van der Waals surface area contributed by atoms with Gasteiger partial charge in [-0.05, 0) is 0 Å². The Morgan fingerprint density at radius 1 is 0.885 bits per heavy atom. The number of rotatable bonds is 12. The predicted octanol–water partition coefficient (Wildman–Crippen LogP) is 6.87. The van der Waals surface area contributed by atoms with Crippen molar-refractivity contribution < 1.29 is 4.74 Å². The Hall–Kier alpha value is -0.551. The van der Waals surface area contributed by atoms with Crippen molar-refractivity contribution in [1.29, 1.82) is 0 Å². The summed E-state index contributed by atoms with van der Waals surface area (Å²) in [5, 5.41) is 2.26. The summed E-state index contributed by atoms with van der Waals surface area (Å²) in [6, 6.07) is 10.6. The van der Waals surface area contributed by atoms with Crippen molar-refractivity contribution in [3.63, 3.8) is 0 Å². The van der Waals surface area contributed by atoms with Gasteiger partial charge in [0.25, 0.3) is 0 Å². The van der Waals surface area contributed by atoms with Gasteiger partial charge in [0.1, 0.15) is 0 Å². The Morgan fingerprint density at radius 2 is 1.42 bits per heavy atom. The molecule has 0 bridgehead atoms. The molecule has 144 valence electrons. The van der Waals surface area contributed by atoms with Crippen LogP contribution in [0, 0.1) is 0 Å². The summed E-state index contributed by atoms with van der Waals surface area (Å²) >= 11 is -0.801. The number of ether oxygens (including phenoxy) is 1. The molecule has 0 aliphatic heterocycles. The summed E-state index contributed by atoms with van der Waals surface area (Å²) in [7, 11) is 1.84. The standard InChI is InChI=1S/C10H8NOS.3C4H9.Sn/c1-12-9-7-11-10(13-9)8-5-3-2-4-6-8;3*1-3-4-2;/h2-6H,1H3;3*1,3-4H2,2H3;. The van der Waals surface area contributed by atoms with Crippen LogP contribution in [0.1, 0.15) is 59.3 Å². The van der Waals surface area contributed by atoms with Gasteiger partial charge in [-0.25, -0.2) is 0 Å². The molecule has 1 aromatic carbocycles. The Morgan fingerprint density at radius 3 is 1.88 bits per heavy atom. The first-order chi connectivity index (χ1) is 12.7. The third-order valence-corrected chi connectivity index (χ3v) is 22.0. The molecule has 2 aromatic rings. The number of unbranched alkanes of at least 4 members (excludes halogenated alkanes) is 3. The van der Waals surface area contributed by atoms with Gasteiger partial charge in [-0.1, -0.05) is 0 Å². The number of hydrogen-bond donors (Lipinski definition) is 0. The van der Waals surface area contributed by atoms with Gasteiger partial charge in [-0.2, -0.15) is 0 Å². The zero-order valence-corrected chi connectivity index (χ0v) is 20.7. The van der Waals surface area contributed by atoms with Crippen LogP contribution in [0.25, 0.3) is 10.6 Å². The van der Waals surface area contributed by atoms with Gasteiger partial charge in [0.2, 0.25) is 0 Å². The van der Waals surface area contributed by atoms with Gasteiger partial charge in [0.05, 0.1) is 0 Å². The second-order valence-electron chi connectivity index (χ2n) is 7.32. The molecule has 0 aliphatic carbocycles. The molecule has 0 fully saturated rings. The van der Waals surface area contributed by atoms with E-state index in [2.05, 4.69) is 51.1 Å². The number of aromatic nitrogens is 1. The molecule has 2 nitrogen and oxygen atoms in total. The molecular weight excluding hydrogens is 445 g/mol. The van der Waals surface area contributed by atoms with E-state index in [0.29, 0.717) is 0 Å². The molecule has 0 N–H and O–H groups in total. The minimum atomic E-state index is -2.56. The minimum absolute atomic E-state index is 1.11. The maximum atomic E-state index is 5.90. The Balaban J connectivity index is 2.48. The van der Waals surface area contributed by atoms with E-state index >= 15 is 0 Å². The number of hydrogen-bond acceptors (Lipinski definition) is 3. The summed E-state index contributed by atoms with van der Waals surface area (Å²) in [6.07, 6.45) is 7.92. The predicted molar refractivity (Wildman–Crippen MR) is 119 cm³/mol. The van der Waals surface area contributed by atoms with Crippen LogP contribution in [0.4, 0.5) is 0 Å². The third-order valence-electron chi connectivity index (χ3n) is 5.33. The summed E-state index contributed by atoms with van der Waals surface area (Å²) in [5.41, 5.74) is 1.23. The molecule has 2 rings (SSSR count). The first-order valence-corrected chi connectivity index (χ1v) is 18.6. The fourth-order valence-electron chi connectivity index (χ4n) is 3.76. The summed E-state index contributed by atoms with van der Waals surface area (Å²) in [5.74, 6) is 0. The quantitative estimate of drug-likeness (QED) is 0.309. The van der Waals surface area contributed by atoms with Crippen LogP contribution in [0.3, 0.4) is 0 Å². The van der Waals surface area contributed by atoms with Crippen molar-refractivity contribution >= 4 is 33.4 Å².